The molecule has 162 valence electrons. The Morgan fingerprint density at radius 3 is 2.39 bits per heavy atom. The third kappa shape index (κ3) is 4.84. The molecular weight excluding hydrogens is 416 g/mol. The maximum atomic E-state index is 12.7. The van der Waals surface area contributed by atoms with Crippen molar-refractivity contribution in [3.8, 4) is 0 Å². The van der Waals surface area contributed by atoms with Gasteiger partial charge in [0.2, 0.25) is 0 Å². The number of esters is 1. The first-order valence-corrected chi connectivity index (χ1v) is 10.6. The molecule has 0 aromatic heterocycles. The zero-order valence-electron chi connectivity index (χ0n) is 17.3. The second-order valence-electron chi connectivity index (χ2n) is 7.57. The van der Waals surface area contributed by atoms with Crippen molar-refractivity contribution in [1.82, 2.24) is 15.5 Å². The molecule has 0 saturated carbocycles. The quantitative estimate of drug-likeness (QED) is 0.699. The van der Waals surface area contributed by atoms with Crippen LogP contribution in [0, 0.1) is 0 Å². The summed E-state index contributed by atoms with van der Waals surface area (Å²) in [7, 11) is 1.36. The Bertz CT molecular complexity index is 970. The number of rotatable bonds is 5. The normalized spacial score (nSPS) is 19.6. The molecule has 2 amide bonds. The molecule has 2 N–H and O–H groups in total. The third-order valence-corrected chi connectivity index (χ3v) is 5.89. The van der Waals surface area contributed by atoms with Crippen LogP contribution < -0.4 is 15.5 Å². The number of ether oxygens (including phenoxy) is 1. The molecule has 0 bridgehead atoms. The van der Waals surface area contributed by atoms with Crippen LogP contribution in [0.5, 0.6) is 0 Å². The summed E-state index contributed by atoms with van der Waals surface area (Å²) in [6, 6.07) is 16.4. The van der Waals surface area contributed by atoms with E-state index in [0.29, 0.717) is 17.8 Å². The molecular formula is C23H25ClN4O3. The molecule has 2 aliphatic heterocycles. The second kappa shape index (κ2) is 9.41. The maximum absolute atomic E-state index is 12.7. The van der Waals surface area contributed by atoms with Gasteiger partial charge in [-0.05, 0) is 29.8 Å². The molecule has 2 aromatic rings. The van der Waals surface area contributed by atoms with Crippen LogP contribution >= 0.6 is 11.6 Å². The Morgan fingerprint density at radius 2 is 1.74 bits per heavy atom. The van der Waals surface area contributed by atoms with E-state index in [0.717, 1.165) is 42.5 Å². The van der Waals surface area contributed by atoms with Gasteiger partial charge in [0.25, 0.3) is 0 Å². The molecule has 0 unspecified atom stereocenters. The number of methoxy groups -OCH3 is 1. The van der Waals surface area contributed by atoms with Gasteiger partial charge in [-0.3, -0.25) is 4.90 Å². The predicted molar refractivity (Wildman–Crippen MR) is 120 cm³/mol. The topological polar surface area (TPSA) is 73.9 Å². The molecule has 7 nitrogen and oxygen atoms in total. The number of nitrogens with zero attached hydrogens (tertiary/aromatic N) is 2. The van der Waals surface area contributed by atoms with Crippen molar-refractivity contribution in [2.24, 2.45) is 0 Å². The van der Waals surface area contributed by atoms with Crippen molar-refractivity contribution in [1.29, 1.82) is 0 Å². The lowest BCUT2D eigenvalue weighted by Gasteiger charge is -2.38. The Kier molecular flexibility index (Phi) is 6.44. The number of hydrogen-bond acceptors (Lipinski definition) is 5. The van der Waals surface area contributed by atoms with Gasteiger partial charge in [-0.2, -0.15) is 0 Å². The van der Waals surface area contributed by atoms with Crippen LogP contribution in [-0.2, 0) is 9.53 Å². The van der Waals surface area contributed by atoms with Crippen LogP contribution in [0.1, 0.15) is 11.6 Å². The second-order valence-corrected chi connectivity index (χ2v) is 8.00. The fourth-order valence-corrected chi connectivity index (χ4v) is 4.15. The molecule has 8 heteroatoms. The van der Waals surface area contributed by atoms with Crippen molar-refractivity contribution in [3.05, 3.63) is 76.5 Å². The molecule has 1 atom stereocenters. The highest BCUT2D eigenvalue weighted by atomic mass is 35.5. The number of anilines is 1. The van der Waals surface area contributed by atoms with E-state index in [4.69, 9.17) is 16.3 Å². The molecule has 1 fully saturated rings. The number of carbonyl (C=O) groups excluding carboxylic acids is 2. The summed E-state index contributed by atoms with van der Waals surface area (Å²) in [5.74, 6) is -0.448. The zero-order valence-corrected chi connectivity index (χ0v) is 18.1. The van der Waals surface area contributed by atoms with E-state index in [1.165, 1.54) is 7.11 Å². The molecule has 31 heavy (non-hydrogen) atoms. The van der Waals surface area contributed by atoms with Gasteiger partial charge in [0.05, 0.1) is 18.7 Å². The van der Waals surface area contributed by atoms with Crippen LogP contribution in [-0.4, -0.2) is 56.7 Å². The number of benzene rings is 2. The highest BCUT2D eigenvalue weighted by Crippen LogP contribution is 2.28. The Labute approximate surface area is 186 Å². The van der Waals surface area contributed by atoms with Gasteiger partial charge >= 0.3 is 12.0 Å². The molecule has 4 rings (SSSR count). The molecule has 0 spiro atoms. The summed E-state index contributed by atoms with van der Waals surface area (Å²) in [6.45, 7) is 3.77. The van der Waals surface area contributed by atoms with Gasteiger partial charge in [0.1, 0.15) is 0 Å². The van der Waals surface area contributed by atoms with Crippen LogP contribution in [0.25, 0.3) is 0 Å². The summed E-state index contributed by atoms with van der Waals surface area (Å²) in [4.78, 5) is 29.6. The summed E-state index contributed by atoms with van der Waals surface area (Å²) in [5, 5.41) is 6.41. The van der Waals surface area contributed by atoms with Crippen molar-refractivity contribution in [3.63, 3.8) is 0 Å². The smallest absolute Gasteiger partial charge is 0.338 e. The number of halogens is 1. The summed E-state index contributed by atoms with van der Waals surface area (Å²) in [6.07, 6.45) is 0. The number of amides is 2. The lowest BCUT2D eigenvalue weighted by Crippen LogP contribution is -2.51. The van der Waals surface area contributed by atoms with Crippen LogP contribution in [0.4, 0.5) is 10.5 Å². The first kappa shape index (κ1) is 21.2. The van der Waals surface area contributed by atoms with Crippen molar-refractivity contribution in [2.45, 2.75) is 6.04 Å². The summed E-state index contributed by atoms with van der Waals surface area (Å²) >= 11 is 5.99. The van der Waals surface area contributed by atoms with Crippen LogP contribution in [0.15, 0.2) is 65.9 Å². The van der Waals surface area contributed by atoms with Gasteiger partial charge < -0.3 is 20.3 Å². The number of hydrogen-bond donors (Lipinski definition) is 2. The number of urea groups is 1. The van der Waals surface area contributed by atoms with Crippen molar-refractivity contribution in [2.75, 3.05) is 44.7 Å². The van der Waals surface area contributed by atoms with E-state index in [9.17, 15) is 9.59 Å². The number of piperazine rings is 1. The Morgan fingerprint density at radius 1 is 1.06 bits per heavy atom. The fraction of sp³-hybridized carbons (Fsp3) is 0.304. The Balaban J connectivity index is 1.52. The maximum Gasteiger partial charge on any atom is 0.338 e. The van der Waals surface area contributed by atoms with E-state index in [1.807, 2.05) is 54.6 Å². The van der Waals surface area contributed by atoms with Crippen molar-refractivity contribution >= 4 is 29.3 Å². The molecule has 2 heterocycles. The first-order valence-electron chi connectivity index (χ1n) is 10.2. The highest BCUT2D eigenvalue weighted by molar-refractivity contribution is 6.30. The fourth-order valence-electron chi connectivity index (χ4n) is 4.03. The molecule has 1 saturated heterocycles. The predicted octanol–water partition coefficient (Wildman–Crippen LogP) is 2.94. The minimum Gasteiger partial charge on any atom is -0.466 e. The molecule has 2 aliphatic rings. The van der Waals surface area contributed by atoms with Gasteiger partial charge in [-0.25, -0.2) is 9.59 Å². The van der Waals surface area contributed by atoms with Crippen LogP contribution in [0.3, 0.4) is 0 Å². The molecule has 0 aliphatic carbocycles. The summed E-state index contributed by atoms with van der Waals surface area (Å²) < 4.78 is 5.05. The van der Waals surface area contributed by atoms with E-state index >= 15 is 0 Å². The average molecular weight is 441 g/mol. The first-order chi connectivity index (χ1) is 15.0. The van der Waals surface area contributed by atoms with Gasteiger partial charge in [0, 0.05) is 49.1 Å². The minimum absolute atomic E-state index is 0.323. The third-order valence-electron chi connectivity index (χ3n) is 5.64. The molecule has 2 aromatic carbocycles. The van der Waals surface area contributed by atoms with Gasteiger partial charge in [-0.15, -0.1) is 0 Å². The van der Waals surface area contributed by atoms with Gasteiger partial charge in [0.15, 0.2) is 0 Å². The molecule has 0 radical (unpaired) electrons. The largest absolute Gasteiger partial charge is 0.466 e. The van der Waals surface area contributed by atoms with E-state index in [1.54, 1.807) is 0 Å². The standard InChI is InChI=1S/C23H25ClN4O3/c1-31-22(29)20-19(25-23(30)26-21(20)16-5-3-2-4-6-16)15-27-11-13-28(14-12-27)18-9-7-17(24)8-10-18/h2-10,21H,11-15H2,1H3,(H2,25,26,30)/t21-/m0/s1. The van der Waals surface area contributed by atoms with E-state index in [-0.39, 0.29) is 6.03 Å². The van der Waals surface area contributed by atoms with E-state index < -0.39 is 12.0 Å². The van der Waals surface area contributed by atoms with Crippen molar-refractivity contribution < 1.29 is 14.3 Å². The highest BCUT2D eigenvalue weighted by Gasteiger charge is 2.34. The van der Waals surface area contributed by atoms with Crippen LogP contribution in [0.2, 0.25) is 5.02 Å². The minimum atomic E-state index is -0.548. The lowest BCUT2D eigenvalue weighted by molar-refractivity contribution is -0.136. The van der Waals surface area contributed by atoms with E-state index in [2.05, 4.69) is 20.4 Å². The van der Waals surface area contributed by atoms with Gasteiger partial charge in [-0.1, -0.05) is 41.9 Å². The number of carbonyl (C=O) groups is 2. The Hall–Kier alpha value is -3.03. The average Bonchev–Trinajstić information content (AvgIpc) is 2.80. The number of nitrogens with one attached hydrogen (secondary N) is 2. The monoisotopic (exact) mass is 440 g/mol. The lowest BCUT2D eigenvalue weighted by atomic mass is 9.95. The summed E-state index contributed by atoms with van der Waals surface area (Å²) in [5.41, 5.74) is 3.00. The SMILES string of the molecule is COC(=O)C1=C(CN2CCN(c3ccc(Cl)cc3)CC2)NC(=O)N[C@H]1c1ccccc1. The zero-order chi connectivity index (χ0) is 21.8.